The van der Waals surface area contributed by atoms with Crippen LogP contribution in [0.5, 0.6) is 0 Å². The summed E-state index contributed by atoms with van der Waals surface area (Å²) in [6.45, 7) is 9.84. The Morgan fingerprint density at radius 3 is 2.42 bits per heavy atom. The number of hydrogen-bond donors (Lipinski definition) is 1. The molecule has 0 saturated heterocycles. The molecule has 0 radical (unpaired) electrons. The van der Waals surface area contributed by atoms with Crippen LogP contribution in [0.4, 0.5) is 0 Å². The number of ether oxygens (including phenoxy) is 1. The summed E-state index contributed by atoms with van der Waals surface area (Å²) in [7, 11) is 1.44. The monoisotopic (exact) mass is 263 g/mol. The van der Waals surface area contributed by atoms with Crippen LogP contribution in [0.3, 0.4) is 0 Å². The largest absolute Gasteiger partial charge is 0.469 e. The van der Waals surface area contributed by atoms with Gasteiger partial charge in [-0.15, -0.1) is 0 Å². The summed E-state index contributed by atoms with van der Waals surface area (Å²) in [5.41, 5.74) is 5.22. The van der Waals surface area contributed by atoms with Crippen LogP contribution in [0.15, 0.2) is 12.1 Å². The minimum absolute atomic E-state index is 0.0585. The minimum atomic E-state index is -0.133. The van der Waals surface area contributed by atoms with Gasteiger partial charge in [-0.3, -0.25) is 4.79 Å². The van der Waals surface area contributed by atoms with Crippen LogP contribution in [-0.2, 0) is 16.1 Å². The van der Waals surface area contributed by atoms with Gasteiger partial charge >= 0.3 is 5.97 Å². The molecule has 1 atom stereocenters. The van der Waals surface area contributed by atoms with Gasteiger partial charge in [0.2, 0.25) is 0 Å². The number of carbonyl (C=O) groups is 1. The molecular weight excluding hydrogens is 238 g/mol. The Bertz CT molecular complexity index is 441. The SMILES string of the molecule is CCC(CNCc1cc(C)c(C)cc1C)C(=O)OC. The van der Waals surface area contributed by atoms with E-state index in [1.165, 1.54) is 29.4 Å². The quantitative estimate of drug-likeness (QED) is 0.802. The van der Waals surface area contributed by atoms with Crippen LogP contribution in [0.1, 0.15) is 35.6 Å². The van der Waals surface area contributed by atoms with Crippen molar-refractivity contribution in [3.63, 3.8) is 0 Å². The molecule has 0 aromatic heterocycles. The maximum atomic E-state index is 11.5. The number of hydrogen-bond acceptors (Lipinski definition) is 3. The molecule has 1 aromatic carbocycles. The fourth-order valence-electron chi connectivity index (χ4n) is 2.15. The Kier molecular flexibility index (Phi) is 6.03. The van der Waals surface area contributed by atoms with Gasteiger partial charge in [0.25, 0.3) is 0 Å². The highest BCUT2D eigenvalue weighted by Gasteiger charge is 2.16. The van der Waals surface area contributed by atoms with E-state index < -0.39 is 0 Å². The lowest BCUT2D eigenvalue weighted by atomic mass is 10.0. The van der Waals surface area contributed by atoms with E-state index in [4.69, 9.17) is 4.74 Å². The van der Waals surface area contributed by atoms with Gasteiger partial charge in [0.1, 0.15) is 0 Å². The summed E-state index contributed by atoms with van der Waals surface area (Å²) in [5.74, 6) is -0.191. The van der Waals surface area contributed by atoms with Gasteiger partial charge in [0, 0.05) is 13.1 Å². The van der Waals surface area contributed by atoms with Crippen molar-refractivity contribution in [2.75, 3.05) is 13.7 Å². The normalized spacial score (nSPS) is 12.3. The molecule has 3 nitrogen and oxygen atoms in total. The first-order chi connectivity index (χ1) is 8.99. The van der Waals surface area contributed by atoms with Crippen molar-refractivity contribution >= 4 is 5.97 Å². The first-order valence-corrected chi connectivity index (χ1v) is 6.84. The van der Waals surface area contributed by atoms with E-state index in [2.05, 4.69) is 38.2 Å². The third-order valence-corrected chi connectivity index (χ3v) is 3.69. The van der Waals surface area contributed by atoms with Crippen molar-refractivity contribution in [3.05, 3.63) is 34.4 Å². The van der Waals surface area contributed by atoms with Gasteiger partial charge in [-0.1, -0.05) is 19.1 Å². The zero-order valence-corrected chi connectivity index (χ0v) is 12.7. The number of benzene rings is 1. The molecule has 0 spiro atoms. The maximum absolute atomic E-state index is 11.5. The first kappa shape index (κ1) is 15.7. The fraction of sp³-hybridized carbons (Fsp3) is 0.562. The summed E-state index contributed by atoms with van der Waals surface area (Å²) in [4.78, 5) is 11.5. The molecule has 0 bridgehead atoms. The van der Waals surface area contributed by atoms with Crippen molar-refractivity contribution in [3.8, 4) is 0 Å². The van der Waals surface area contributed by atoms with Crippen molar-refractivity contribution in [2.24, 2.45) is 5.92 Å². The molecule has 1 rings (SSSR count). The second-order valence-electron chi connectivity index (χ2n) is 5.12. The molecule has 3 heteroatoms. The number of rotatable bonds is 6. The first-order valence-electron chi connectivity index (χ1n) is 6.84. The molecule has 1 N–H and O–H groups in total. The average molecular weight is 263 g/mol. The molecule has 0 aliphatic heterocycles. The highest BCUT2D eigenvalue weighted by atomic mass is 16.5. The molecular formula is C16H25NO2. The van der Waals surface area contributed by atoms with Gasteiger partial charge in [0.05, 0.1) is 13.0 Å². The predicted molar refractivity (Wildman–Crippen MR) is 78.2 cm³/mol. The third kappa shape index (κ3) is 4.35. The second kappa shape index (κ2) is 7.29. The second-order valence-corrected chi connectivity index (χ2v) is 5.12. The molecule has 0 aliphatic carbocycles. The van der Waals surface area contributed by atoms with Crippen LogP contribution in [0.25, 0.3) is 0 Å². The number of aryl methyl sites for hydroxylation is 3. The lowest BCUT2D eigenvalue weighted by Crippen LogP contribution is -2.28. The molecule has 106 valence electrons. The van der Waals surface area contributed by atoms with Gasteiger partial charge in [-0.05, 0) is 49.4 Å². The number of nitrogens with one attached hydrogen (secondary N) is 1. The Labute approximate surface area is 116 Å². The molecule has 19 heavy (non-hydrogen) atoms. The zero-order chi connectivity index (χ0) is 14.4. The van der Waals surface area contributed by atoms with Crippen LogP contribution in [-0.4, -0.2) is 19.6 Å². The van der Waals surface area contributed by atoms with Gasteiger partial charge in [-0.2, -0.15) is 0 Å². The van der Waals surface area contributed by atoms with Crippen LogP contribution in [0, 0.1) is 26.7 Å². The maximum Gasteiger partial charge on any atom is 0.309 e. The number of methoxy groups -OCH3 is 1. The fourth-order valence-corrected chi connectivity index (χ4v) is 2.15. The zero-order valence-electron chi connectivity index (χ0n) is 12.7. The summed E-state index contributed by atoms with van der Waals surface area (Å²) in [5, 5.41) is 3.35. The van der Waals surface area contributed by atoms with E-state index in [1.54, 1.807) is 0 Å². The standard InChI is InChI=1S/C16H25NO2/c1-6-14(16(18)19-5)9-17-10-15-8-12(3)11(2)7-13(15)4/h7-8,14,17H,6,9-10H2,1-5H3. The number of carbonyl (C=O) groups excluding carboxylic acids is 1. The average Bonchev–Trinajstić information content (AvgIpc) is 2.39. The molecule has 0 saturated carbocycles. The Hall–Kier alpha value is -1.35. The van der Waals surface area contributed by atoms with Crippen molar-refractivity contribution in [2.45, 2.75) is 40.7 Å². The van der Waals surface area contributed by atoms with Gasteiger partial charge in [-0.25, -0.2) is 0 Å². The summed E-state index contributed by atoms with van der Waals surface area (Å²) < 4.78 is 4.79. The Balaban J connectivity index is 2.58. The van der Waals surface area contributed by atoms with Crippen LogP contribution >= 0.6 is 0 Å². The van der Waals surface area contributed by atoms with Crippen molar-refractivity contribution in [1.29, 1.82) is 0 Å². The smallest absolute Gasteiger partial charge is 0.309 e. The topological polar surface area (TPSA) is 38.3 Å². The summed E-state index contributed by atoms with van der Waals surface area (Å²) in [6.07, 6.45) is 0.797. The number of esters is 1. The van der Waals surface area contributed by atoms with Crippen molar-refractivity contribution in [1.82, 2.24) is 5.32 Å². The van der Waals surface area contributed by atoms with E-state index in [-0.39, 0.29) is 11.9 Å². The molecule has 1 aromatic rings. The minimum Gasteiger partial charge on any atom is -0.469 e. The molecule has 1 unspecified atom stereocenters. The van der Waals surface area contributed by atoms with E-state index in [9.17, 15) is 4.79 Å². The summed E-state index contributed by atoms with van der Waals surface area (Å²) >= 11 is 0. The Morgan fingerprint density at radius 1 is 1.21 bits per heavy atom. The van der Waals surface area contributed by atoms with E-state index in [1.807, 2.05) is 6.92 Å². The van der Waals surface area contributed by atoms with E-state index in [0.29, 0.717) is 6.54 Å². The molecule has 0 heterocycles. The highest BCUT2D eigenvalue weighted by molar-refractivity contribution is 5.72. The highest BCUT2D eigenvalue weighted by Crippen LogP contribution is 2.15. The molecule has 0 aliphatic rings. The molecule has 0 fully saturated rings. The third-order valence-electron chi connectivity index (χ3n) is 3.69. The Morgan fingerprint density at radius 2 is 1.84 bits per heavy atom. The van der Waals surface area contributed by atoms with Gasteiger partial charge < -0.3 is 10.1 Å². The van der Waals surface area contributed by atoms with Crippen molar-refractivity contribution < 1.29 is 9.53 Å². The van der Waals surface area contributed by atoms with Crippen LogP contribution in [0.2, 0.25) is 0 Å². The summed E-state index contributed by atoms with van der Waals surface area (Å²) in [6, 6.07) is 4.43. The lowest BCUT2D eigenvalue weighted by Gasteiger charge is -2.15. The van der Waals surface area contributed by atoms with Crippen LogP contribution < -0.4 is 5.32 Å². The van der Waals surface area contributed by atoms with E-state index in [0.717, 1.165) is 13.0 Å². The van der Waals surface area contributed by atoms with E-state index >= 15 is 0 Å². The molecule has 0 amide bonds. The van der Waals surface area contributed by atoms with Gasteiger partial charge in [0.15, 0.2) is 0 Å². The lowest BCUT2D eigenvalue weighted by molar-refractivity contribution is -0.145. The predicted octanol–water partition coefficient (Wildman–Crippen LogP) is 2.90.